The molecule has 0 N–H and O–H groups in total. The molecule has 0 saturated heterocycles. The second-order valence-electron chi connectivity index (χ2n) is 4.75. The highest BCUT2D eigenvalue weighted by Gasteiger charge is 2.45. The molecule has 0 fully saturated rings. The van der Waals surface area contributed by atoms with Crippen molar-refractivity contribution in [3.8, 4) is 0 Å². The minimum atomic E-state index is -0.519. The van der Waals surface area contributed by atoms with Crippen molar-refractivity contribution in [2.24, 2.45) is 5.92 Å². The van der Waals surface area contributed by atoms with E-state index in [1.807, 2.05) is 39.0 Å². The van der Waals surface area contributed by atoms with Crippen LogP contribution in [-0.2, 0) is 10.2 Å². The van der Waals surface area contributed by atoms with Crippen LogP contribution in [0.1, 0.15) is 35.3 Å². The highest BCUT2D eigenvalue weighted by Crippen LogP contribution is 2.41. The Balaban J connectivity index is 2.67. The van der Waals surface area contributed by atoms with Crippen molar-refractivity contribution in [3.63, 3.8) is 0 Å². The van der Waals surface area contributed by atoms with Gasteiger partial charge in [0.2, 0.25) is 0 Å². The van der Waals surface area contributed by atoms with Crippen LogP contribution in [0, 0.1) is 12.8 Å². The number of carbonyl (C=O) groups excluding carboxylic acids is 2. The standard InChI is InChI=1S/C13H14O2/c1-8-4-5-10-9(6-8)12(15)11(7-14)13(10,2)3/h4-7,11H,1-3H3. The summed E-state index contributed by atoms with van der Waals surface area (Å²) in [6, 6.07) is 5.83. The maximum atomic E-state index is 12.0. The van der Waals surface area contributed by atoms with Crippen LogP contribution in [0.2, 0.25) is 0 Å². The molecule has 1 unspecified atom stereocenters. The average molecular weight is 202 g/mol. The lowest BCUT2D eigenvalue weighted by atomic mass is 9.79. The van der Waals surface area contributed by atoms with Crippen molar-refractivity contribution in [2.75, 3.05) is 0 Å². The summed E-state index contributed by atoms with van der Waals surface area (Å²) in [6.45, 7) is 5.85. The van der Waals surface area contributed by atoms with E-state index in [0.717, 1.165) is 23.0 Å². The van der Waals surface area contributed by atoms with Gasteiger partial charge < -0.3 is 4.79 Å². The first-order chi connectivity index (χ1) is 6.98. The van der Waals surface area contributed by atoms with Crippen LogP contribution in [0.5, 0.6) is 0 Å². The molecule has 2 nitrogen and oxygen atoms in total. The third-order valence-electron chi connectivity index (χ3n) is 3.33. The van der Waals surface area contributed by atoms with Crippen molar-refractivity contribution in [3.05, 3.63) is 34.9 Å². The summed E-state index contributed by atoms with van der Waals surface area (Å²) in [6.07, 6.45) is 0.775. The van der Waals surface area contributed by atoms with Gasteiger partial charge in [-0.05, 0) is 18.6 Å². The van der Waals surface area contributed by atoms with E-state index in [1.165, 1.54) is 0 Å². The summed E-state index contributed by atoms with van der Waals surface area (Å²) in [5.74, 6) is -0.553. The van der Waals surface area contributed by atoms with Crippen molar-refractivity contribution >= 4 is 12.1 Å². The molecule has 2 rings (SSSR count). The van der Waals surface area contributed by atoms with E-state index in [2.05, 4.69) is 0 Å². The second-order valence-corrected chi connectivity index (χ2v) is 4.75. The van der Waals surface area contributed by atoms with Crippen molar-refractivity contribution in [2.45, 2.75) is 26.2 Å². The fraction of sp³-hybridized carbons (Fsp3) is 0.385. The summed E-state index contributed by atoms with van der Waals surface area (Å²) in [5, 5.41) is 0. The van der Waals surface area contributed by atoms with Crippen molar-refractivity contribution < 1.29 is 9.59 Å². The minimum Gasteiger partial charge on any atom is -0.303 e. The van der Waals surface area contributed by atoms with Gasteiger partial charge in [0, 0.05) is 11.0 Å². The second kappa shape index (κ2) is 3.02. The third-order valence-corrected chi connectivity index (χ3v) is 3.33. The van der Waals surface area contributed by atoms with Crippen LogP contribution in [0.15, 0.2) is 18.2 Å². The average Bonchev–Trinajstić information content (AvgIpc) is 2.34. The van der Waals surface area contributed by atoms with Gasteiger partial charge in [0.25, 0.3) is 0 Å². The number of carbonyl (C=O) groups is 2. The summed E-state index contributed by atoms with van der Waals surface area (Å²) in [4.78, 5) is 22.9. The van der Waals surface area contributed by atoms with Gasteiger partial charge in [-0.15, -0.1) is 0 Å². The molecule has 0 spiro atoms. The first-order valence-electron chi connectivity index (χ1n) is 5.09. The summed E-state index contributed by atoms with van der Waals surface area (Å²) in [7, 11) is 0. The lowest BCUT2D eigenvalue weighted by molar-refractivity contribution is -0.111. The highest BCUT2D eigenvalue weighted by atomic mass is 16.1. The zero-order valence-electron chi connectivity index (χ0n) is 9.20. The Labute approximate surface area is 89.3 Å². The van der Waals surface area contributed by atoms with Crippen LogP contribution in [0.4, 0.5) is 0 Å². The van der Waals surface area contributed by atoms with Gasteiger partial charge >= 0.3 is 0 Å². The molecule has 1 aromatic rings. The van der Waals surface area contributed by atoms with Crippen molar-refractivity contribution in [1.82, 2.24) is 0 Å². The number of hydrogen-bond acceptors (Lipinski definition) is 2. The predicted molar refractivity (Wildman–Crippen MR) is 58.1 cm³/mol. The molecule has 0 radical (unpaired) electrons. The van der Waals surface area contributed by atoms with Crippen LogP contribution in [0.25, 0.3) is 0 Å². The SMILES string of the molecule is Cc1ccc2c(c1)C(=O)C(C=O)C2(C)C. The normalized spacial score (nSPS) is 22.6. The number of ketones is 1. The first-order valence-corrected chi connectivity index (χ1v) is 5.09. The Hall–Kier alpha value is -1.44. The molecule has 15 heavy (non-hydrogen) atoms. The fourth-order valence-electron chi connectivity index (χ4n) is 2.32. The van der Waals surface area contributed by atoms with Crippen LogP contribution >= 0.6 is 0 Å². The Bertz CT molecular complexity index is 444. The maximum Gasteiger partial charge on any atom is 0.174 e. The van der Waals surface area contributed by atoms with E-state index in [4.69, 9.17) is 0 Å². The zero-order valence-corrected chi connectivity index (χ0v) is 9.20. The van der Waals surface area contributed by atoms with Gasteiger partial charge in [-0.1, -0.05) is 31.5 Å². The van der Waals surface area contributed by atoms with Crippen LogP contribution in [0.3, 0.4) is 0 Å². The third kappa shape index (κ3) is 1.24. The topological polar surface area (TPSA) is 34.1 Å². The Morgan fingerprint density at radius 1 is 1.33 bits per heavy atom. The van der Waals surface area contributed by atoms with Crippen LogP contribution in [-0.4, -0.2) is 12.1 Å². The molecule has 0 bridgehead atoms. The van der Waals surface area contributed by atoms with E-state index < -0.39 is 5.92 Å². The van der Waals surface area contributed by atoms with Gasteiger partial charge in [0.15, 0.2) is 5.78 Å². The Morgan fingerprint density at radius 2 is 2.00 bits per heavy atom. The molecule has 0 aliphatic heterocycles. The Kier molecular flexibility index (Phi) is 2.03. The Morgan fingerprint density at radius 3 is 2.60 bits per heavy atom. The van der Waals surface area contributed by atoms with Gasteiger partial charge in [0.05, 0.1) is 5.92 Å². The highest BCUT2D eigenvalue weighted by molar-refractivity contribution is 6.11. The molecule has 1 atom stereocenters. The lowest BCUT2D eigenvalue weighted by Gasteiger charge is -2.22. The molecule has 1 aliphatic rings. The molecule has 0 aromatic heterocycles. The quantitative estimate of drug-likeness (QED) is 0.517. The van der Waals surface area contributed by atoms with E-state index in [0.29, 0.717) is 0 Å². The molecule has 2 heteroatoms. The number of aldehydes is 1. The first kappa shape index (κ1) is 10.1. The molecule has 78 valence electrons. The lowest BCUT2D eigenvalue weighted by Crippen LogP contribution is -2.28. The van der Waals surface area contributed by atoms with E-state index in [1.54, 1.807) is 0 Å². The summed E-state index contributed by atoms with van der Waals surface area (Å²) in [5.41, 5.74) is 2.42. The number of benzene rings is 1. The van der Waals surface area contributed by atoms with Crippen LogP contribution < -0.4 is 0 Å². The molecular weight excluding hydrogens is 188 g/mol. The van der Waals surface area contributed by atoms with Crippen molar-refractivity contribution in [1.29, 1.82) is 0 Å². The molecule has 0 saturated carbocycles. The predicted octanol–water partition coefficient (Wildman–Crippen LogP) is 2.28. The molecule has 0 heterocycles. The number of aryl methyl sites for hydroxylation is 1. The van der Waals surface area contributed by atoms with E-state index >= 15 is 0 Å². The molecule has 0 amide bonds. The molecular formula is C13H14O2. The maximum absolute atomic E-state index is 12.0. The summed E-state index contributed by atoms with van der Waals surface area (Å²) >= 11 is 0. The largest absolute Gasteiger partial charge is 0.303 e. The van der Waals surface area contributed by atoms with Gasteiger partial charge in [-0.2, -0.15) is 0 Å². The van der Waals surface area contributed by atoms with Gasteiger partial charge in [-0.3, -0.25) is 4.79 Å². The number of Topliss-reactive ketones (excluding diaryl/α,β-unsaturated/α-hetero) is 1. The van der Waals surface area contributed by atoms with Gasteiger partial charge in [0.1, 0.15) is 6.29 Å². The minimum absolute atomic E-state index is 0.0336. The number of hydrogen-bond donors (Lipinski definition) is 0. The fourth-order valence-corrected chi connectivity index (χ4v) is 2.32. The monoisotopic (exact) mass is 202 g/mol. The molecule has 1 aliphatic carbocycles. The summed E-state index contributed by atoms with van der Waals surface area (Å²) < 4.78 is 0. The molecule has 1 aromatic carbocycles. The zero-order chi connectivity index (χ0) is 11.2. The smallest absolute Gasteiger partial charge is 0.174 e. The number of fused-ring (bicyclic) bond motifs is 1. The number of rotatable bonds is 1. The van der Waals surface area contributed by atoms with Gasteiger partial charge in [-0.25, -0.2) is 0 Å². The van der Waals surface area contributed by atoms with E-state index in [-0.39, 0.29) is 11.2 Å². The van der Waals surface area contributed by atoms with E-state index in [9.17, 15) is 9.59 Å².